The summed E-state index contributed by atoms with van der Waals surface area (Å²) in [6, 6.07) is 7.49. The molecule has 0 aliphatic heterocycles. The number of rotatable bonds is 5. The zero-order valence-electron chi connectivity index (χ0n) is 13.5. The van der Waals surface area contributed by atoms with Crippen LogP contribution in [-0.2, 0) is 4.79 Å². The van der Waals surface area contributed by atoms with Gasteiger partial charge in [-0.15, -0.1) is 0 Å². The third-order valence-electron chi connectivity index (χ3n) is 4.64. The van der Waals surface area contributed by atoms with E-state index in [2.05, 4.69) is 16.9 Å². The van der Waals surface area contributed by atoms with E-state index < -0.39 is 0 Å². The second-order valence-electron chi connectivity index (χ2n) is 6.54. The highest BCUT2D eigenvalue weighted by molar-refractivity contribution is 7.99. The van der Waals surface area contributed by atoms with Crippen LogP contribution in [0.15, 0.2) is 24.3 Å². The fourth-order valence-electron chi connectivity index (χ4n) is 3.09. The van der Waals surface area contributed by atoms with Crippen molar-refractivity contribution in [3.05, 3.63) is 29.8 Å². The molecule has 2 N–H and O–H groups in total. The van der Waals surface area contributed by atoms with E-state index in [1.807, 2.05) is 23.9 Å². The van der Waals surface area contributed by atoms with Gasteiger partial charge in [0.1, 0.15) is 0 Å². The van der Waals surface area contributed by atoms with E-state index in [4.69, 9.17) is 0 Å². The van der Waals surface area contributed by atoms with Crippen LogP contribution in [-0.4, -0.2) is 29.4 Å². The molecule has 1 aromatic carbocycles. The van der Waals surface area contributed by atoms with E-state index in [1.165, 1.54) is 12.8 Å². The Balaban J connectivity index is 1.59. The monoisotopic (exact) mass is 332 g/mol. The second kappa shape index (κ2) is 7.39. The lowest BCUT2D eigenvalue weighted by Gasteiger charge is -2.28. The van der Waals surface area contributed by atoms with E-state index >= 15 is 0 Å². The number of hydrogen-bond acceptors (Lipinski definition) is 3. The zero-order chi connectivity index (χ0) is 16.2. The van der Waals surface area contributed by atoms with Gasteiger partial charge in [-0.3, -0.25) is 9.59 Å². The van der Waals surface area contributed by atoms with Crippen molar-refractivity contribution in [2.75, 3.05) is 11.6 Å². The van der Waals surface area contributed by atoms with Crippen LogP contribution in [0.5, 0.6) is 0 Å². The molecule has 5 heteroatoms. The molecule has 2 aliphatic carbocycles. The summed E-state index contributed by atoms with van der Waals surface area (Å²) in [5.41, 5.74) is 1.32. The van der Waals surface area contributed by atoms with Gasteiger partial charge in [-0.2, -0.15) is 11.8 Å². The van der Waals surface area contributed by atoms with Crippen molar-refractivity contribution >= 4 is 29.3 Å². The quantitative estimate of drug-likeness (QED) is 0.868. The number of hydrogen-bond donors (Lipinski definition) is 2. The fourth-order valence-corrected chi connectivity index (χ4v) is 3.91. The smallest absolute Gasteiger partial charge is 0.251 e. The highest BCUT2D eigenvalue weighted by atomic mass is 32.2. The number of carbonyl (C=O) groups is 2. The first-order chi connectivity index (χ1) is 11.2. The van der Waals surface area contributed by atoms with E-state index in [9.17, 15) is 9.59 Å². The maximum Gasteiger partial charge on any atom is 0.251 e. The molecule has 0 bridgehead atoms. The van der Waals surface area contributed by atoms with Gasteiger partial charge in [-0.1, -0.05) is 12.5 Å². The predicted octanol–water partition coefficient (Wildman–Crippen LogP) is 3.44. The van der Waals surface area contributed by atoms with Crippen molar-refractivity contribution in [3.8, 4) is 0 Å². The molecular weight excluding hydrogens is 308 g/mol. The third-order valence-corrected chi connectivity index (χ3v) is 5.73. The van der Waals surface area contributed by atoms with Crippen molar-refractivity contribution in [2.24, 2.45) is 5.92 Å². The molecule has 2 aliphatic rings. The largest absolute Gasteiger partial charge is 0.349 e. The first-order valence-electron chi connectivity index (χ1n) is 8.40. The number of anilines is 1. The average Bonchev–Trinajstić information content (AvgIpc) is 3.40. The molecule has 4 nitrogen and oxygen atoms in total. The lowest BCUT2D eigenvalue weighted by molar-refractivity contribution is -0.117. The summed E-state index contributed by atoms with van der Waals surface area (Å²) in [6.45, 7) is 0. The van der Waals surface area contributed by atoms with Gasteiger partial charge < -0.3 is 10.6 Å². The molecule has 1 aromatic rings. The van der Waals surface area contributed by atoms with E-state index in [-0.39, 0.29) is 23.8 Å². The van der Waals surface area contributed by atoms with E-state index in [0.717, 1.165) is 25.7 Å². The Bertz CT molecular complexity index is 586. The summed E-state index contributed by atoms with van der Waals surface area (Å²) < 4.78 is 0. The minimum absolute atomic E-state index is 0.0423. The first-order valence-corrected chi connectivity index (χ1v) is 9.69. The molecule has 2 atom stereocenters. The predicted molar refractivity (Wildman–Crippen MR) is 94.8 cm³/mol. The van der Waals surface area contributed by atoms with Crippen molar-refractivity contribution in [1.29, 1.82) is 0 Å². The lowest BCUT2D eigenvalue weighted by atomic mass is 9.94. The molecule has 23 heavy (non-hydrogen) atoms. The molecule has 0 saturated heterocycles. The molecule has 0 spiro atoms. The topological polar surface area (TPSA) is 58.2 Å². The maximum atomic E-state index is 12.5. The first kappa shape index (κ1) is 16.4. The molecule has 2 amide bonds. The Kier molecular flexibility index (Phi) is 5.26. The van der Waals surface area contributed by atoms with Gasteiger partial charge in [0.05, 0.1) is 0 Å². The second-order valence-corrected chi connectivity index (χ2v) is 7.68. The van der Waals surface area contributed by atoms with Crippen LogP contribution in [0, 0.1) is 5.92 Å². The summed E-state index contributed by atoms with van der Waals surface area (Å²) in [6.07, 6.45) is 8.62. The fraction of sp³-hybridized carbons (Fsp3) is 0.556. The summed E-state index contributed by atoms with van der Waals surface area (Å²) in [5, 5.41) is 6.70. The van der Waals surface area contributed by atoms with E-state index in [1.54, 1.807) is 12.1 Å². The molecule has 2 saturated carbocycles. The molecule has 0 unspecified atom stereocenters. The molecule has 124 valence electrons. The zero-order valence-corrected chi connectivity index (χ0v) is 14.3. The molecule has 0 aromatic heterocycles. The maximum absolute atomic E-state index is 12.5. The van der Waals surface area contributed by atoms with Crippen LogP contribution in [0.1, 0.15) is 48.9 Å². The highest BCUT2D eigenvalue weighted by Crippen LogP contribution is 2.30. The van der Waals surface area contributed by atoms with Gasteiger partial charge in [0.2, 0.25) is 5.91 Å². The van der Waals surface area contributed by atoms with Gasteiger partial charge in [0.15, 0.2) is 0 Å². The van der Waals surface area contributed by atoms with Gasteiger partial charge in [0.25, 0.3) is 5.91 Å². The van der Waals surface area contributed by atoms with Crippen molar-refractivity contribution < 1.29 is 9.59 Å². The number of benzene rings is 1. The Morgan fingerprint density at radius 3 is 2.74 bits per heavy atom. The normalized spacial score (nSPS) is 24.0. The molecular formula is C18H24N2O2S. The average molecular weight is 332 g/mol. The van der Waals surface area contributed by atoms with Crippen LogP contribution in [0.4, 0.5) is 5.69 Å². The van der Waals surface area contributed by atoms with Crippen LogP contribution in [0.3, 0.4) is 0 Å². The summed E-state index contributed by atoms with van der Waals surface area (Å²) >= 11 is 1.89. The third kappa shape index (κ3) is 4.50. The molecule has 3 rings (SSSR count). The number of amides is 2. The Morgan fingerprint density at radius 1 is 1.17 bits per heavy atom. The minimum Gasteiger partial charge on any atom is -0.349 e. The van der Waals surface area contributed by atoms with Gasteiger partial charge >= 0.3 is 0 Å². The van der Waals surface area contributed by atoms with Crippen LogP contribution in [0.25, 0.3) is 0 Å². The molecule has 0 radical (unpaired) electrons. The van der Waals surface area contributed by atoms with Gasteiger partial charge in [0, 0.05) is 28.5 Å². The van der Waals surface area contributed by atoms with Gasteiger partial charge in [-0.05, 0) is 56.6 Å². The van der Waals surface area contributed by atoms with Crippen LogP contribution < -0.4 is 10.6 Å². The van der Waals surface area contributed by atoms with Crippen molar-refractivity contribution in [1.82, 2.24) is 5.32 Å². The Labute approximate surface area is 141 Å². The summed E-state index contributed by atoms with van der Waals surface area (Å²) in [4.78, 5) is 24.3. The van der Waals surface area contributed by atoms with Crippen molar-refractivity contribution in [2.45, 2.75) is 49.8 Å². The highest BCUT2D eigenvalue weighted by Gasteiger charge is 2.29. The van der Waals surface area contributed by atoms with Gasteiger partial charge in [-0.25, -0.2) is 0 Å². The molecule has 0 heterocycles. The standard InChI is InChI=1S/C18H24N2O2S/c1-23-16-7-3-6-15(11-16)20-18(22)13-4-2-5-14(10-13)19-17(21)12-8-9-12/h2,4-5,10,12,15-16H,3,6-9,11H2,1H3,(H,19,21)(H,20,22)/t15-,16+/m1/s1. The lowest BCUT2D eigenvalue weighted by Crippen LogP contribution is -2.39. The van der Waals surface area contributed by atoms with Crippen LogP contribution in [0.2, 0.25) is 0 Å². The number of thioether (sulfide) groups is 1. The number of nitrogens with one attached hydrogen (secondary N) is 2. The Morgan fingerprint density at radius 2 is 2.00 bits per heavy atom. The summed E-state index contributed by atoms with van der Waals surface area (Å²) in [7, 11) is 0. The minimum atomic E-state index is -0.0423. The van der Waals surface area contributed by atoms with Crippen molar-refractivity contribution in [3.63, 3.8) is 0 Å². The van der Waals surface area contributed by atoms with E-state index in [0.29, 0.717) is 16.5 Å². The summed E-state index contributed by atoms with van der Waals surface area (Å²) in [5.74, 6) is 0.190. The SMILES string of the molecule is CS[C@H]1CCC[C@@H](NC(=O)c2cccc(NC(=O)C3CC3)c2)C1. The Hall–Kier alpha value is -1.49. The molecule has 2 fully saturated rings. The van der Waals surface area contributed by atoms with Crippen LogP contribution >= 0.6 is 11.8 Å². The number of carbonyl (C=O) groups excluding carboxylic acids is 2.